The number of aromatic nitrogens is 1. The number of urea groups is 1. The molecule has 6 heteroatoms. The Labute approximate surface area is 157 Å². The summed E-state index contributed by atoms with van der Waals surface area (Å²) in [6.45, 7) is 4.03. The van der Waals surface area contributed by atoms with Crippen molar-refractivity contribution in [2.45, 2.75) is 13.8 Å². The van der Waals surface area contributed by atoms with Gasteiger partial charge in [0.05, 0.1) is 6.21 Å². The van der Waals surface area contributed by atoms with Crippen LogP contribution >= 0.6 is 11.6 Å². The van der Waals surface area contributed by atoms with E-state index < -0.39 is 0 Å². The number of nitrogens with one attached hydrogen (secondary N) is 2. The molecule has 2 aromatic carbocycles. The first-order valence-electron chi connectivity index (χ1n) is 8.14. The number of rotatable bonds is 4. The topological polar surface area (TPSA) is 58.4 Å². The highest BCUT2D eigenvalue weighted by Crippen LogP contribution is 2.21. The van der Waals surface area contributed by atoms with E-state index in [0.29, 0.717) is 10.7 Å². The van der Waals surface area contributed by atoms with Crippen LogP contribution in [0.4, 0.5) is 10.5 Å². The first-order chi connectivity index (χ1) is 12.5. The number of nitrogens with zero attached hydrogens (tertiary/aromatic N) is 2. The van der Waals surface area contributed by atoms with Gasteiger partial charge in [0.2, 0.25) is 0 Å². The molecule has 3 rings (SSSR count). The average Bonchev–Trinajstić information content (AvgIpc) is 2.90. The maximum absolute atomic E-state index is 11.9. The van der Waals surface area contributed by atoms with Gasteiger partial charge in [0.25, 0.3) is 0 Å². The molecular weight excluding hydrogens is 348 g/mol. The highest BCUT2D eigenvalue weighted by Gasteiger charge is 2.09. The normalized spacial score (nSPS) is 10.9. The van der Waals surface area contributed by atoms with Crippen LogP contribution in [0.5, 0.6) is 0 Å². The fraction of sp³-hybridized carbons (Fsp3) is 0.100. The molecule has 0 bridgehead atoms. The second-order valence-electron chi connectivity index (χ2n) is 5.83. The third kappa shape index (κ3) is 4.13. The molecule has 0 radical (unpaired) electrons. The van der Waals surface area contributed by atoms with E-state index in [1.807, 2.05) is 74.5 Å². The number of hydrogen-bond donors (Lipinski definition) is 2. The highest BCUT2D eigenvalue weighted by atomic mass is 35.5. The summed E-state index contributed by atoms with van der Waals surface area (Å²) in [5.74, 6) is 0. The van der Waals surface area contributed by atoms with Gasteiger partial charge in [-0.25, -0.2) is 10.2 Å². The first kappa shape index (κ1) is 17.8. The van der Waals surface area contributed by atoms with Gasteiger partial charge >= 0.3 is 6.03 Å². The molecule has 2 N–H and O–H groups in total. The van der Waals surface area contributed by atoms with Crippen molar-refractivity contribution >= 4 is 29.5 Å². The molecule has 0 fully saturated rings. The molecule has 0 unspecified atom stereocenters. The van der Waals surface area contributed by atoms with Gasteiger partial charge in [-0.15, -0.1) is 0 Å². The van der Waals surface area contributed by atoms with E-state index in [4.69, 9.17) is 11.6 Å². The van der Waals surface area contributed by atoms with E-state index in [-0.39, 0.29) is 6.03 Å². The summed E-state index contributed by atoms with van der Waals surface area (Å²) in [4.78, 5) is 11.9. The van der Waals surface area contributed by atoms with Crippen molar-refractivity contribution in [3.05, 3.63) is 82.6 Å². The second kappa shape index (κ2) is 7.89. The Kier molecular flexibility index (Phi) is 5.39. The summed E-state index contributed by atoms with van der Waals surface area (Å²) in [5.41, 5.74) is 7.24. The van der Waals surface area contributed by atoms with Crippen molar-refractivity contribution in [2.24, 2.45) is 5.10 Å². The quantitative estimate of drug-likeness (QED) is 0.500. The van der Waals surface area contributed by atoms with Crippen molar-refractivity contribution < 1.29 is 4.79 Å². The minimum atomic E-state index is -0.390. The monoisotopic (exact) mass is 366 g/mol. The van der Waals surface area contributed by atoms with Crippen LogP contribution in [-0.4, -0.2) is 16.8 Å². The van der Waals surface area contributed by atoms with Crippen LogP contribution in [0.3, 0.4) is 0 Å². The van der Waals surface area contributed by atoms with Gasteiger partial charge in [-0.1, -0.05) is 29.8 Å². The highest BCUT2D eigenvalue weighted by molar-refractivity contribution is 6.30. The van der Waals surface area contributed by atoms with Gasteiger partial charge in [-0.3, -0.25) is 0 Å². The molecule has 0 atom stereocenters. The third-order valence-corrected chi connectivity index (χ3v) is 4.21. The number of halogens is 1. The summed E-state index contributed by atoms with van der Waals surface area (Å²) in [6.07, 6.45) is 1.64. The van der Waals surface area contributed by atoms with Crippen LogP contribution in [0.2, 0.25) is 5.02 Å². The molecule has 0 aliphatic rings. The molecular formula is C20H19ClN4O. The molecule has 1 heterocycles. The molecule has 132 valence electrons. The van der Waals surface area contributed by atoms with E-state index in [9.17, 15) is 4.79 Å². The maximum Gasteiger partial charge on any atom is 0.339 e. The number of carbonyl (C=O) groups excluding carboxylic acids is 1. The molecule has 0 aliphatic carbocycles. The van der Waals surface area contributed by atoms with Crippen molar-refractivity contribution in [3.8, 4) is 5.69 Å². The van der Waals surface area contributed by atoms with Gasteiger partial charge in [-0.2, -0.15) is 5.10 Å². The second-order valence-corrected chi connectivity index (χ2v) is 6.26. The standard InChI is InChI=1S/C20H19ClN4O/c1-14-12-16(15(2)25(14)19-10-8-17(21)9-11-19)13-22-24-20(26)23-18-6-4-3-5-7-18/h3-13H,1-2H3,(H2,23,24,26)/b22-13+. The zero-order valence-corrected chi connectivity index (χ0v) is 15.3. The van der Waals surface area contributed by atoms with Crippen LogP contribution in [0.15, 0.2) is 65.8 Å². The van der Waals surface area contributed by atoms with Crippen LogP contribution in [0.1, 0.15) is 17.0 Å². The number of para-hydroxylation sites is 1. The number of hydrogen-bond acceptors (Lipinski definition) is 2. The van der Waals surface area contributed by atoms with E-state index in [1.54, 1.807) is 6.21 Å². The van der Waals surface area contributed by atoms with Crippen LogP contribution < -0.4 is 10.7 Å². The Hall–Kier alpha value is -3.05. The average molecular weight is 367 g/mol. The molecule has 0 saturated heterocycles. The van der Waals surface area contributed by atoms with Gasteiger partial charge in [0, 0.05) is 33.3 Å². The third-order valence-electron chi connectivity index (χ3n) is 3.96. The number of carbonyl (C=O) groups is 1. The first-order valence-corrected chi connectivity index (χ1v) is 8.52. The maximum atomic E-state index is 11.9. The molecule has 0 saturated carbocycles. The number of hydrazone groups is 1. The Bertz CT molecular complexity index is 930. The Morgan fingerprint density at radius 2 is 1.77 bits per heavy atom. The van der Waals surface area contributed by atoms with Gasteiger partial charge in [0.15, 0.2) is 0 Å². The predicted octanol–water partition coefficient (Wildman–Crippen LogP) is 4.90. The van der Waals surface area contributed by atoms with Crippen LogP contribution in [0.25, 0.3) is 5.69 Å². The lowest BCUT2D eigenvalue weighted by molar-refractivity contribution is 0.252. The lowest BCUT2D eigenvalue weighted by atomic mass is 10.2. The van der Waals surface area contributed by atoms with Gasteiger partial charge in [0.1, 0.15) is 0 Å². The van der Waals surface area contributed by atoms with Crippen molar-refractivity contribution in [3.63, 3.8) is 0 Å². The fourth-order valence-electron chi connectivity index (χ4n) is 2.75. The smallest absolute Gasteiger partial charge is 0.318 e. The Morgan fingerprint density at radius 1 is 1.08 bits per heavy atom. The van der Waals surface area contributed by atoms with Crippen molar-refractivity contribution in [1.29, 1.82) is 0 Å². The SMILES string of the molecule is Cc1cc(/C=N/NC(=O)Nc2ccccc2)c(C)n1-c1ccc(Cl)cc1. The molecule has 1 aromatic heterocycles. The molecule has 26 heavy (non-hydrogen) atoms. The molecule has 0 aliphatic heterocycles. The Morgan fingerprint density at radius 3 is 2.46 bits per heavy atom. The summed E-state index contributed by atoms with van der Waals surface area (Å²) in [5, 5.41) is 7.45. The summed E-state index contributed by atoms with van der Waals surface area (Å²) in [7, 11) is 0. The number of aryl methyl sites for hydroxylation is 1. The van der Waals surface area contributed by atoms with E-state index in [2.05, 4.69) is 20.4 Å². The molecule has 0 spiro atoms. The molecule has 3 aromatic rings. The lowest BCUT2D eigenvalue weighted by Crippen LogP contribution is -2.24. The van der Waals surface area contributed by atoms with Crippen molar-refractivity contribution in [1.82, 2.24) is 9.99 Å². The minimum Gasteiger partial charge on any atom is -0.318 e. The van der Waals surface area contributed by atoms with Crippen molar-refractivity contribution in [2.75, 3.05) is 5.32 Å². The zero-order chi connectivity index (χ0) is 18.5. The largest absolute Gasteiger partial charge is 0.339 e. The van der Waals surface area contributed by atoms with Gasteiger partial charge in [-0.05, 0) is 56.3 Å². The van der Waals surface area contributed by atoms with E-state index >= 15 is 0 Å². The summed E-state index contributed by atoms with van der Waals surface area (Å²) in [6, 6.07) is 18.5. The van der Waals surface area contributed by atoms with E-state index in [1.165, 1.54) is 0 Å². The number of amides is 2. The molecule has 2 amide bonds. The lowest BCUT2D eigenvalue weighted by Gasteiger charge is -2.09. The Balaban J connectivity index is 1.70. The van der Waals surface area contributed by atoms with Crippen LogP contribution in [0, 0.1) is 13.8 Å². The fourth-order valence-corrected chi connectivity index (χ4v) is 2.87. The van der Waals surface area contributed by atoms with E-state index in [0.717, 1.165) is 22.6 Å². The number of benzene rings is 2. The minimum absolute atomic E-state index is 0.390. The zero-order valence-electron chi connectivity index (χ0n) is 14.5. The number of anilines is 1. The summed E-state index contributed by atoms with van der Waals surface area (Å²) < 4.78 is 2.11. The van der Waals surface area contributed by atoms with Gasteiger partial charge < -0.3 is 9.88 Å². The molecule has 5 nitrogen and oxygen atoms in total. The summed E-state index contributed by atoms with van der Waals surface area (Å²) >= 11 is 5.96. The predicted molar refractivity (Wildman–Crippen MR) is 106 cm³/mol. The van der Waals surface area contributed by atoms with Crippen LogP contribution in [-0.2, 0) is 0 Å².